The van der Waals surface area contributed by atoms with E-state index < -0.39 is 11.7 Å². The van der Waals surface area contributed by atoms with Crippen molar-refractivity contribution in [2.24, 2.45) is 0 Å². The number of carbonyl (C=O) groups excluding carboxylic acids is 2. The van der Waals surface area contributed by atoms with Crippen LogP contribution in [0.4, 0.5) is 8.78 Å². The second-order valence-electron chi connectivity index (χ2n) is 6.87. The minimum atomic E-state index is -2.59. The van der Waals surface area contributed by atoms with Crippen LogP contribution in [0, 0.1) is 34.6 Å². The zero-order valence-electron chi connectivity index (χ0n) is 17.1. The highest BCUT2D eigenvalue weighted by Gasteiger charge is 2.16. The molecule has 29 heavy (non-hydrogen) atoms. The number of hydrogen-bond donors (Lipinski definition) is 0. The van der Waals surface area contributed by atoms with Gasteiger partial charge in [0.2, 0.25) is 5.78 Å². The van der Waals surface area contributed by atoms with Gasteiger partial charge in [-0.2, -0.15) is 8.78 Å². The van der Waals surface area contributed by atoms with E-state index >= 15 is 0 Å². The molecule has 2 aromatic rings. The van der Waals surface area contributed by atoms with Crippen molar-refractivity contribution in [1.82, 2.24) is 9.97 Å². The predicted molar refractivity (Wildman–Crippen MR) is 108 cm³/mol. The Morgan fingerprint density at radius 1 is 1.00 bits per heavy atom. The Morgan fingerprint density at radius 3 is 2.17 bits per heavy atom. The molecule has 0 radical (unpaired) electrons. The molecule has 0 saturated carbocycles. The van der Waals surface area contributed by atoms with Crippen LogP contribution in [0.3, 0.4) is 0 Å². The lowest BCUT2D eigenvalue weighted by atomic mass is 9.98. The third-order valence-electron chi connectivity index (χ3n) is 4.68. The van der Waals surface area contributed by atoms with Crippen LogP contribution in [0.2, 0.25) is 0 Å². The van der Waals surface area contributed by atoms with E-state index in [4.69, 9.17) is 4.74 Å². The van der Waals surface area contributed by atoms with Gasteiger partial charge in [0.25, 0.3) is 5.76 Å². The van der Waals surface area contributed by atoms with E-state index in [-0.39, 0.29) is 35.7 Å². The molecule has 156 valence electrons. The molecule has 5 nitrogen and oxygen atoms in total. The van der Waals surface area contributed by atoms with Crippen molar-refractivity contribution in [2.45, 2.75) is 58.4 Å². The van der Waals surface area contributed by atoms with Crippen LogP contribution in [0.15, 0.2) is 17.3 Å². The summed E-state index contributed by atoms with van der Waals surface area (Å²) in [6.45, 7) is 8.82. The molecule has 0 spiro atoms. The van der Waals surface area contributed by atoms with E-state index in [0.29, 0.717) is 23.4 Å². The molecule has 0 saturated heterocycles. The van der Waals surface area contributed by atoms with Crippen molar-refractivity contribution in [3.05, 3.63) is 51.3 Å². The van der Waals surface area contributed by atoms with Crippen LogP contribution < -0.4 is 0 Å². The average Bonchev–Trinajstić information content (AvgIpc) is 2.61. The number of aromatic nitrogens is 2. The van der Waals surface area contributed by atoms with Crippen LogP contribution in [0.1, 0.15) is 50.4 Å². The van der Waals surface area contributed by atoms with E-state index in [9.17, 15) is 18.4 Å². The number of Topliss-reactive ketones (excluding diaryl/α,β-unsaturated/α-hetero) is 1. The second-order valence-corrected chi connectivity index (χ2v) is 7.83. The molecule has 1 heterocycles. The first-order valence-electron chi connectivity index (χ1n) is 9.14. The minimum Gasteiger partial charge on any atom is -0.457 e. The molecule has 0 unspecified atom stereocenters. The van der Waals surface area contributed by atoms with Gasteiger partial charge < -0.3 is 4.74 Å². The predicted octanol–water partition coefficient (Wildman–Crippen LogP) is 4.69. The maximum absolute atomic E-state index is 12.5. The number of carbonyl (C=O) groups is 2. The molecule has 0 bridgehead atoms. The second kappa shape index (κ2) is 9.91. The third-order valence-corrected chi connectivity index (χ3v) is 5.25. The number of rotatable bonds is 8. The summed E-state index contributed by atoms with van der Waals surface area (Å²) in [7, 11) is 0. The van der Waals surface area contributed by atoms with Crippen molar-refractivity contribution >= 4 is 23.5 Å². The molecule has 0 amide bonds. The van der Waals surface area contributed by atoms with E-state index in [2.05, 4.69) is 9.97 Å². The number of ketones is 1. The lowest BCUT2D eigenvalue weighted by Gasteiger charge is -2.11. The average molecular weight is 422 g/mol. The normalized spacial score (nSPS) is 11.0. The number of benzene rings is 1. The van der Waals surface area contributed by atoms with E-state index in [1.165, 1.54) is 0 Å². The summed E-state index contributed by atoms with van der Waals surface area (Å²) in [6, 6.07) is 3.75. The van der Waals surface area contributed by atoms with Gasteiger partial charge in [-0.15, -0.1) is 0 Å². The zero-order chi connectivity index (χ0) is 21.7. The number of alkyl halides is 2. The molecule has 0 aliphatic heterocycles. The monoisotopic (exact) mass is 422 g/mol. The van der Waals surface area contributed by atoms with Crippen LogP contribution >= 0.6 is 11.8 Å². The van der Waals surface area contributed by atoms with Crippen LogP contribution in [0.5, 0.6) is 0 Å². The van der Waals surface area contributed by atoms with Crippen molar-refractivity contribution in [3.63, 3.8) is 0 Å². The molecule has 0 aliphatic carbocycles. The van der Waals surface area contributed by atoms with E-state index in [1.54, 1.807) is 13.8 Å². The lowest BCUT2D eigenvalue weighted by Crippen LogP contribution is -2.16. The summed E-state index contributed by atoms with van der Waals surface area (Å²) >= 11 is 0.287. The van der Waals surface area contributed by atoms with Crippen LogP contribution in [-0.2, 0) is 16.0 Å². The fourth-order valence-electron chi connectivity index (χ4n) is 2.99. The number of aryl methyl sites for hydroxylation is 5. The molecule has 8 heteroatoms. The number of ether oxygens (including phenoxy) is 1. The van der Waals surface area contributed by atoms with Gasteiger partial charge in [0.05, 0.1) is 0 Å². The SMILES string of the molecule is Cc1cc(C)c(C(=O)COC(=O)CCc2c(C)nc(SC(F)F)nc2C)cc1C. The van der Waals surface area contributed by atoms with Gasteiger partial charge in [0, 0.05) is 23.4 Å². The van der Waals surface area contributed by atoms with Crippen LogP contribution in [-0.4, -0.2) is 34.1 Å². The molecular formula is C21H24F2N2O3S. The Labute approximate surface area is 173 Å². The largest absolute Gasteiger partial charge is 0.457 e. The highest BCUT2D eigenvalue weighted by atomic mass is 32.2. The molecule has 0 atom stereocenters. The molecule has 0 aliphatic rings. The number of nitrogens with zero attached hydrogens (tertiary/aromatic N) is 2. The van der Waals surface area contributed by atoms with E-state index in [0.717, 1.165) is 22.3 Å². The van der Waals surface area contributed by atoms with Gasteiger partial charge in [-0.3, -0.25) is 9.59 Å². The molecule has 2 rings (SSSR count). The van der Waals surface area contributed by atoms with E-state index in [1.807, 2.05) is 32.9 Å². The fourth-order valence-corrected chi connectivity index (χ4v) is 3.53. The lowest BCUT2D eigenvalue weighted by molar-refractivity contribution is -0.142. The number of hydrogen-bond acceptors (Lipinski definition) is 6. The molecule has 0 fully saturated rings. The standard InChI is InChI=1S/C21H24F2N2O3S/c1-11-8-13(3)17(9-12(11)2)18(26)10-28-19(27)7-6-16-14(4)24-21(25-15(16)5)29-20(22)23/h8-9,20H,6-7,10H2,1-5H3. The Bertz CT molecular complexity index is 909. The Kier molecular flexibility index (Phi) is 7.84. The number of esters is 1. The highest BCUT2D eigenvalue weighted by molar-refractivity contribution is 7.99. The Balaban J connectivity index is 1.94. The summed E-state index contributed by atoms with van der Waals surface area (Å²) in [5.41, 5.74) is 5.32. The smallest absolute Gasteiger partial charge is 0.306 e. The van der Waals surface area contributed by atoms with Gasteiger partial charge in [0.1, 0.15) is 0 Å². The quantitative estimate of drug-likeness (QED) is 0.266. The minimum absolute atomic E-state index is 0.00989. The molecule has 1 aromatic heterocycles. The first-order chi connectivity index (χ1) is 13.6. The van der Waals surface area contributed by atoms with Gasteiger partial charge in [-0.1, -0.05) is 6.07 Å². The van der Waals surface area contributed by atoms with Crippen molar-refractivity contribution in [1.29, 1.82) is 0 Å². The number of thioether (sulfide) groups is 1. The van der Waals surface area contributed by atoms with Gasteiger partial charge >= 0.3 is 5.97 Å². The maximum atomic E-state index is 12.5. The Hall–Kier alpha value is -2.35. The van der Waals surface area contributed by atoms with Gasteiger partial charge in [0.15, 0.2) is 11.8 Å². The summed E-state index contributed by atoms with van der Waals surface area (Å²) in [5.74, 6) is -3.35. The number of halogens is 2. The first kappa shape index (κ1) is 22.9. The molecule has 1 aromatic carbocycles. The topological polar surface area (TPSA) is 69.2 Å². The molecular weight excluding hydrogens is 398 g/mol. The third kappa shape index (κ3) is 6.32. The first-order valence-corrected chi connectivity index (χ1v) is 10.0. The maximum Gasteiger partial charge on any atom is 0.306 e. The molecule has 0 N–H and O–H groups in total. The summed E-state index contributed by atoms with van der Waals surface area (Å²) < 4.78 is 30.1. The van der Waals surface area contributed by atoms with Crippen molar-refractivity contribution in [3.8, 4) is 0 Å². The summed E-state index contributed by atoms with van der Waals surface area (Å²) in [6.07, 6.45) is 0.360. The zero-order valence-corrected chi connectivity index (χ0v) is 18.0. The van der Waals surface area contributed by atoms with Crippen molar-refractivity contribution in [2.75, 3.05) is 6.61 Å². The summed E-state index contributed by atoms with van der Waals surface area (Å²) in [4.78, 5) is 32.6. The fraction of sp³-hybridized carbons (Fsp3) is 0.429. The van der Waals surface area contributed by atoms with Gasteiger partial charge in [-0.25, -0.2) is 9.97 Å². The Morgan fingerprint density at radius 2 is 1.59 bits per heavy atom. The van der Waals surface area contributed by atoms with Gasteiger partial charge in [-0.05, 0) is 81.1 Å². The van der Waals surface area contributed by atoms with Crippen LogP contribution in [0.25, 0.3) is 0 Å². The van der Waals surface area contributed by atoms with Crippen molar-refractivity contribution < 1.29 is 23.1 Å². The summed E-state index contributed by atoms with van der Waals surface area (Å²) in [5, 5.41) is 0.00989. The highest BCUT2D eigenvalue weighted by Crippen LogP contribution is 2.24.